The van der Waals surface area contributed by atoms with Crippen LogP contribution in [0.25, 0.3) is 109 Å². The molecule has 0 amide bonds. The average molecular weight is 771 g/mol. The minimum atomic E-state index is 0.603. The fraction of sp³-hybridized carbons (Fsp3) is 0. The van der Waals surface area contributed by atoms with Gasteiger partial charge in [-0.25, -0.2) is 15.0 Å². The normalized spacial score (nSPS) is 12.4. The van der Waals surface area contributed by atoms with Crippen LogP contribution in [-0.4, -0.2) is 15.0 Å². The second-order valence-electron chi connectivity index (χ2n) is 15.2. The van der Waals surface area contributed by atoms with Crippen molar-refractivity contribution in [2.45, 2.75) is 0 Å². The number of nitrogens with zero attached hydrogens (tertiary/aromatic N) is 4. The van der Waals surface area contributed by atoms with Crippen molar-refractivity contribution in [2.24, 2.45) is 0 Å². The molecule has 0 radical (unpaired) electrons. The van der Waals surface area contributed by atoms with Gasteiger partial charge in [-0.1, -0.05) is 115 Å². The van der Waals surface area contributed by atoms with Crippen molar-refractivity contribution in [1.29, 1.82) is 0 Å². The number of furan rings is 1. The molecule has 0 saturated carbocycles. The second-order valence-corrected chi connectivity index (χ2v) is 16.3. The number of hydrogen-bond donors (Lipinski definition) is 0. The summed E-state index contributed by atoms with van der Waals surface area (Å²) in [6.07, 6.45) is 0. The molecular weight excluding hydrogens is 741 g/mol. The molecule has 0 bridgehead atoms. The van der Waals surface area contributed by atoms with Crippen molar-refractivity contribution in [2.75, 3.05) is 4.90 Å². The van der Waals surface area contributed by atoms with E-state index in [0.717, 1.165) is 50.0 Å². The van der Waals surface area contributed by atoms with Crippen LogP contribution in [0.15, 0.2) is 186 Å². The zero-order valence-corrected chi connectivity index (χ0v) is 32.2. The Morgan fingerprint density at radius 1 is 0.407 bits per heavy atom. The third kappa shape index (κ3) is 4.94. The smallest absolute Gasteiger partial charge is 0.164 e. The molecule has 0 fully saturated rings. The molecule has 6 heteroatoms. The highest BCUT2D eigenvalue weighted by molar-refractivity contribution is 7.25. The van der Waals surface area contributed by atoms with Crippen LogP contribution in [0.5, 0.6) is 0 Å². The molecule has 1 aliphatic heterocycles. The highest BCUT2D eigenvalue weighted by atomic mass is 32.1. The van der Waals surface area contributed by atoms with Crippen molar-refractivity contribution in [1.82, 2.24) is 15.0 Å². The van der Waals surface area contributed by atoms with Crippen LogP contribution in [-0.2, 0) is 0 Å². The molecule has 0 aliphatic carbocycles. The predicted molar refractivity (Wildman–Crippen MR) is 245 cm³/mol. The first-order valence-electron chi connectivity index (χ1n) is 19.8. The zero-order chi connectivity index (χ0) is 38.6. The largest absolute Gasteiger partial charge is 0.456 e. The number of para-hydroxylation sites is 1. The summed E-state index contributed by atoms with van der Waals surface area (Å²) in [5.74, 6) is 1.83. The van der Waals surface area contributed by atoms with Crippen molar-refractivity contribution in [3.05, 3.63) is 182 Å². The van der Waals surface area contributed by atoms with Gasteiger partial charge in [0, 0.05) is 69.7 Å². The van der Waals surface area contributed by atoms with E-state index in [1.807, 2.05) is 30.3 Å². The Hall–Kier alpha value is -7.67. The minimum absolute atomic E-state index is 0.603. The number of benzene rings is 9. The highest BCUT2D eigenvalue weighted by Crippen LogP contribution is 2.53. The maximum atomic E-state index is 6.21. The number of anilines is 3. The fourth-order valence-corrected chi connectivity index (χ4v) is 10.2. The molecule has 3 aromatic heterocycles. The van der Waals surface area contributed by atoms with Gasteiger partial charge in [-0.3, -0.25) is 0 Å². The van der Waals surface area contributed by atoms with Gasteiger partial charge in [-0.2, -0.15) is 0 Å². The summed E-state index contributed by atoms with van der Waals surface area (Å²) in [5.41, 5.74) is 10.2. The van der Waals surface area contributed by atoms with Crippen LogP contribution < -0.4 is 4.90 Å². The molecule has 0 spiro atoms. The zero-order valence-electron chi connectivity index (χ0n) is 31.4. The molecule has 0 saturated heterocycles. The maximum absolute atomic E-state index is 6.21. The summed E-state index contributed by atoms with van der Waals surface area (Å²) in [4.78, 5) is 18.2. The Labute approximate surface area is 342 Å². The van der Waals surface area contributed by atoms with Crippen LogP contribution in [0.1, 0.15) is 0 Å². The van der Waals surface area contributed by atoms with Gasteiger partial charge >= 0.3 is 0 Å². The predicted octanol–water partition coefficient (Wildman–Crippen LogP) is 14.9. The Morgan fingerprint density at radius 2 is 1.05 bits per heavy atom. The lowest BCUT2D eigenvalue weighted by Crippen LogP contribution is -2.15. The Morgan fingerprint density at radius 3 is 1.92 bits per heavy atom. The molecule has 274 valence electrons. The fourth-order valence-electron chi connectivity index (χ4n) is 9.11. The summed E-state index contributed by atoms with van der Waals surface area (Å²) < 4.78 is 8.71. The summed E-state index contributed by atoms with van der Waals surface area (Å²) in [6.45, 7) is 0. The quantitative estimate of drug-likeness (QED) is 0.178. The number of rotatable bonds is 4. The van der Waals surface area contributed by atoms with Gasteiger partial charge in [0.2, 0.25) is 0 Å². The second kappa shape index (κ2) is 12.4. The molecule has 4 heterocycles. The Bertz CT molecular complexity index is 3580. The van der Waals surface area contributed by atoms with Gasteiger partial charge in [0.1, 0.15) is 11.2 Å². The molecule has 5 nitrogen and oxygen atoms in total. The van der Waals surface area contributed by atoms with Gasteiger partial charge < -0.3 is 9.32 Å². The van der Waals surface area contributed by atoms with Crippen LogP contribution in [0, 0.1) is 0 Å². The van der Waals surface area contributed by atoms with E-state index in [9.17, 15) is 0 Å². The standard InChI is InChI=1S/C53H30N4OS/c1-2-15-37-31(10-1)22-25-41-40-18-8-11-32-12-9-19-44(49(32)40)57(50(37)41)36-14-7-13-33(28-36)51-54-52(34-23-26-46-42(29-34)38-16-3-5-20-45(38)58-46)56-53(55-51)35-24-27-48-43(30-35)39-17-4-6-21-47(39)59-48/h1-30H. The van der Waals surface area contributed by atoms with Gasteiger partial charge in [0.05, 0.1) is 11.4 Å². The monoisotopic (exact) mass is 770 g/mol. The first-order chi connectivity index (χ1) is 29.2. The summed E-state index contributed by atoms with van der Waals surface area (Å²) in [6, 6.07) is 64.6. The molecule has 59 heavy (non-hydrogen) atoms. The lowest BCUT2D eigenvalue weighted by atomic mass is 9.88. The lowest BCUT2D eigenvalue weighted by Gasteiger charge is -2.34. The van der Waals surface area contributed by atoms with Crippen molar-refractivity contribution in [3.8, 4) is 45.3 Å². The molecule has 1 aliphatic rings. The minimum Gasteiger partial charge on any atom is -0.456 e. The third-order valence-corrected chi connectivity index (χ3v) is 13.0. The van der Waals surface area contributed by atoms with Crippen molar-refractivity contribution >= 4 is 92.1 Å². The van der Waals surface area contributed by atoms with Gasteiger partial charge in [-0.15, -0.1) is 11.3 Å². The van der Waals surface area contributed by atoms with E-state index in [1.165, 1.54) is 58.5 Å². The molecule has 12 aromatic rings. The van der Waals surface area contributed by atoms with Gasteiger partial charge in [0.25, 0.3) is 0 Å². The van der Waals surface area contributed by atoms with E-state index in [-0.39, 0.29) is 0 Å². The molecular formula is C53H30N4OS. The number of thiophene rings is 1. The lowest BCUT2D eigenvalue weighted by molar-refractivity contribution is 0.669. The van der Waals surface area contributed by atoms with Crippen LogP contribution in [0.3, 0.4) is 0 Å². The van der Waals surface area contributed by atoms with Crippen molar-refractivity contribution < 1.29 is 4.42 Å². The molecule has 0 unspecified atom stereocenters. The number of fused-ring (bicyclic) bond motifs is 10. The van der Waals surface area contributed by atoms with Gasteiger partial charge in [-0.05, 0) is 83.1 Å². The topological polar surface area (TPSA) is 55.1 Å². The van der Waals surface area contributed by atoms with E-state index >= 15 is 0 Å². The number of aromatic nitrogens is 3. The van der Waals surface area contributed by atoms with E-state index in [0.29, 0.717) is 17.5 Å². The molecule has 13 rings (SSSR count). The maximum Gasteiger partial charge on any atom is 0.164 e. The first kappa shape index (κ1) is 32.4. The molecule has 0 atom stereocenters. The molecule has 9 aromatic carbocycles. The Kier molecular flexibility index (Phi) is 6.82. The van der Waals surface area contributed by atoms with E-state index in [2.05, 4.69) is 157 Å². The summed E-state index contributed by atoms with van der Waals surface area (Å²) in [7, 11) is 0. The molecule has 0 N–H and O–H groups in total. The van der Waals surface area contributed by atoms with Crippen LogP contribution >= 0.6 is 11.3 Å². The summed E-state index contributed by atoms with van der Waals surface area (Å²) >= 11 is 1.81. The SMILES string of the molecule is c1cc(-c2nc(-c3ccc4oc5ccccc5c4c3)nc(-c3ccc4sc5ccccc5c4c3)n2)cc(N2c3c(ccc4ccccc34)-c3cccc4cccc2c34)c1. The van der Waals surface area contributed by atoms with Crippen molar-refractivity contribution in [3.63, 3.8) is 0 Å². The van der Waals surface area contributed by atoms with Crippen LogP contribution in [0.4, 0.5) is 17.1 Å². The van der Waals surface area contributed by atoms with E-state index < -0.39 is 0 Å². The van der Waals surface area contributed by atoms with Gasteiger partial charge in [0.15, 0.2) is 17.5 Å². The van der Waals surface area contributed by atoms with Crippen LogP contribution in [0.2, 0.25) is 0 Å². The van der Waals surface area contributed by atoms with E-state index in [1.54, 1.807) is 11.3 Å². The number of hydrogen-bond acceptors (Lipinski definition) is 6. The Balaban J connectivity index is 1.03. The average Bonchev–Trinajstić information content (AvgIpc) is 3.87. The first-order valence-corrected chi connectivity index (χ1v) is 20.6. The summed E-state index contributed by atoms with van der Waals surface area (Å²) in [5, 5.41) is 9.38. The van der Waals surface area contributed by atoms with E-state index in [4.69, 9.17) is 19.4 Å². The highest BCUT2D eigenvalue weighted by Gasteiger charge is 2.28. The third-order valence-electron chi connectivity index (χ3n) is 11.8.